The Balaban J connectivity index is 1.83. The minimum Gasteiger partial charge on any atom is -0.351 e. The number of benzene rings is 1. The highest BCUT2D eigenvalue weighted by Gasteiger charge is 2.18. The van der Waals surface area contributed by atoms with Crippen LogP contribution in [0.15, 0.2) is 29.2 Å². The third-order valence-corrected chi connectivity index (χ3v) is 4.77. The summed E-state index contributed by atoms with van der Waals surface area (Å²) in [4.78, 5) is 15.7. The highest BCUT2D eigenvalue weighted by Crippen LogP contribution is 2.19. The average Bonchev–Trinajstić information content (AvgIpc) is 2.49. The molecule has 1 aliphatic rings. The zero-order valence-corrected chi connectivity index (χ0v) is 13.2. The molecule has 0 radical (unpaired) electrons. The summed E-state index contributed by atoms with van der Waals surface area (Å²) in [5.74, 6) is 0.0413. The van der Waals surface area contributed by atoms with Crippen molar-refractivity contribution < 1.29 is 4.79 Å². The number of likely N-dealkylation sites (tertiary alicyclic amines) is 1. The molecule has 1 unspecified atom stereocenters. The average molecular weight is 292 g/mol. The molecule has 1 aromatic carbocycles. The fourth-order valence-electron chi connectivity index (χ4n) is 2.73. The normalized spacial score (nSPS) is 19.8. The Kier molecular flexibility index (Phi) is 5.92. The van der Waals surface area contributed by atoms with E-state index in [2.05, 4.69) is 17.1 Å². The molecule has 0 aromatic heterocycles. The van der Waals surface area contributed by atoms with Crippen molar-refractivity contribution in [1.82, 2.24) is 10.2 Å². The van der Waals surface area contributed by atoms with Gasteiger partial charge in [0, 0.05) is 24.0 Å². The molecule has 1 atom stereocenters. The molecular weight excluding hydrogens is 268 g/mol. The number of nitrogens with zero attached hydrogens (tertiary/aromatic N) is 1. The smallest absolute Gasteiger partial charge is 0.252 e. The maximum atomic E-state index is 12.2. The number of nitrogens with one attached hydrogen (secondary N) is 1. The van der Waals surface area contributed by atoms with Gasteiger partial charge in [0.2, 0.25) is 0 Å². The first-order valence-electron chi connectivity index (χ1n) is 7.37. The van der Waals surface area contributed by atoms with Gasteiger partial charge in [-0.2, -0.15) is 0 Å². The summed E-state index contributed by atoms with van der Waals surface area (Å²) in [6, 6.07) is 8.43. The monoisotopic (exact) mass is 292 g/mol. The minimum absolute atomic E-state index is 0.0413. The zero-order chi connectivity index (χ0) is 14.4. The maximum absolute atomic E-state index is 12.2. The Bertz CT molecular complexity index is 450. The lowest BCUT2D eigenvalue weighted by Crippen LogP contribution is -2.42. The number of thioether (sulfide) groups is 1. The van der Waals surface area contributed by atoms with E-state index in [1.165, 1.54) is 25.8 Å². The molecule has 1 N–H and O–H groups in total. The van der Waals surface area contributed by atoms with Crippen LogP contribution in [0.1, 0.15) is 36.5 Å². The molecule has 0 saturated carbocycles. The fourth-order valence-corrected chi connectivity index (χ4v) is 3.33. The van der Waals surface area contributed by atoms with E-state index in [-0.39, 0.29) is 5.91 Å². The highest BCUT2D eigenvalue weighted by molar-refractivity contribution is 7.98. The molecule has 3 nitrogen and oxygen atoms in total. The van der Waals surface area contributed by atoms with Gasteiger partial charge in [0.05, 0.1) is 5.56 Å². The van der Waals surface area contributed by atoms with E-state index in [4.69, 9.17) is 0 Å². The molecule has 0 bridgehead atoms. The van der Waals surface area contributed by atoms with Gasteiger partial charge in [-0.15, -0.1) is 11.8 Å². The van der Waals surface area contributed by atoms with Crippen LogP contribution < -0.4 is 5.32 Å². The minimum atomic E-state index is 0.0413. The van der Waals surface area contributed by atoms with E-state index >= 15 is 0 Å². The molecule has 0 aliphatic carbocycles. The van der Waals surface area contributed by atoms with Crippen LogP contribution >= 0.6 is 11.8 Å². The predicted molar refractivity (Wildman–Crippen MR) is 85.4 cm³/mol. The van der Waals surface area contributed by atoms with Crippen LogP contribution in [-0.4, -0.2) is 42.7 Å². The van der Waals surface area contributed by atoms with Crippen molar-refractivity contribution in [2.45, 2.75) is 37.1 Å². The standard InChI is InChI=1S/C16H24N2OS/c1-13-7-5-6-11-18(13)12-10-17-16(19)14-8-3-4-9-15(14)20-2/h3-4,8-9,13H,5-7,10-12H2,1-2H3,(H,17,19). The van der Waals surface area contributed by atoms with Crippen molar-refractivity contribution in [3.8, 4) is 0 Å². The van der Waals surface area contributed by atoms with Crippen LogP contribution in [-0.2, 0) is 0 Å². The zero-order valence-electron chi connectivity index (χ0n) is 12.4. The van der Waals surface area contributed by atoms with Crippen LogP contribution in [0.4, 0.5) is 0 Å². The molecular formula is C16H24N2OS. The lowest BCUT2D eigenvalue weighted by atomic mass is 10.0. The lowest BCUT2D eigenvalue weighted by Gasteiger charge is -2.33. The predicted octanol–water partition coefficient (Wildman–Crippen LogP) is 3.01. The van der Waals surface area contributed by atoms with Crippen molar-refractivity contribution in [2.24, 2.45) is 0 Å². The van der Waals surface area contributed by atoms with E-state index in [1.807, 2.05) is 30.5 Å². The van der Waals surface area contributed by atoms with Crippen molar-refractivity contribution in [2.75, 3.05) is 25.9 Å². The first-order chi connectivity index (χ1) is 9.72. The molecule has 2 rings (SSSR count). The van der Waals surface area contributed by atoms with Crippen molar-refractivity contribution in [1.29, 1.82) is 0 Å². The molecule has 110 valence electrons. The molecule has 1 amide bonds. The molecule has 20 heavy (non-hydrogen) atoms. The molecule has 0 spiro atoms. The molecule has 1 heterocycles. The number of rotatable bonds is 5. The largest absolute Gasteiger partial charge is 0.351 e. The quantitative estimate of drug-likeness (QED) is 0.847. The summed E-state index contributed by atoms with van der Waals surface area (Å²) in [5, 5.41) is 3.05. The van der Waals surface area contributed by atoms with E-state index in [9.17, 15) is 4.79 Å². The SMILES string of the molecule is CSc1ccccc1C(=O)NCCN1CCCCC1C. The first kappa shape index (κ1) is 15.4. The van der Waals surface area contributed by atoms with Crippen LogP contribution in [0, 0.1) is 0 Å². The van der Waals surface area contributed by atoms with Gasteiger partial charge < -0.3 is 5.32 Å². The second-order valence-corrected chi connectivity index (χ2v) is 6.19. The number of carbonyl (C=O) groups excluding carboxylic acids is 1. The van der Waals surface area contributed by atoms with E-state index in [0.717, 1.165) is 23.5 Å². The fraction of sp³-hybridized carbons (Fsp3) is 0.562. The summed E-state index contributed by atoms with van der Waals surface area (Å²) in [7, 11) is 0. The Labute approximate surface area is 126 Å². The van der Waals surface area contributed by atoms with Gasteiger partial charge in [0.15, 0.2) is 0 Å². The van der Waals surface area contributed by atoms with Crippen molar-refractivity contribution in [3.05, 3.63) is 29.8 Å². The molecule has 4 heteroatoms. The topological polar surface area (TPSA) is 32.3 Å². The van der Waals surface area contributed by atoms with Crippen LogP contribution in [0.2, 0.25) is 0 Å². The Morgan fingerprint density at radius 1 is 1.40 bits per heavy atom. The third-order valence-electron chi connectivity index (χ3n) is 3.98. The molecule has 1 aliphatic heterocycles. The lowest BCUT2D eigenvalue weighted by molar-refractivity contribution is 0.0935. The van der Waals surface area contributed by atoms with Gasteiger partial charge >= 0.3 is 0 Å². The second-order valence-electron chi connectivity index (χ2n) is 5.34. The summed E-state index contributed by atoms with van der Waals surface area (Å²) in [6.45, 7) is 5.13. The summed E-state index contributed by atoms with van der Waals surface area (Å²) >= 11 is 1.61. The number of piperidine rings is 1. The van der Waals surface area contributed by atoms with Gasteiger partial charge in [-0.1, -0.05) is 18.6 Å². The van der Waals surface area contributed by atoms with Crippen LogP contribution in [0.25, 0.3) is 0 Å². The van der Waals surface area contributed by atoms with Gasteiger partial charge in [-0.05, 0) is 44.7 Å². The number of hydrogen-bond donors (Lipinski definition) is 1. The molecule has 1 saturated heterocycles. The van der Waals surface area contributed by atoms with E-state index < -0.39 is 0 Å². The first-order valence-corrected chi connectivity index (χ1v) is 8.60. The number of amides is 1. The number of carbonyl (C=O) groups is 1. The number of hydrogen-bond acceptors (Lipinski definition) is 3. The van der Waals surface area contributed by atoms with Gasteiger partial charge in [-0.3, -0.25) is 9.69 Å². The van der Waals surface area contributed by atoms with Crippen LogP contribution in [0.5, 0.6) is 0 Å². The van der Waals surface area contributed by atoms with Gasteiger partial charge in [0.25, 0.3) is 5.91 Å². The highest BCUT2D eigenvalue weighted by atomic mass is 32.2. The summed E-state index contributed by atoms with van der Waals surface area (Å²) < 4.78 is 0. The van der Waals surface area contributed by atoms with E-state index in [1.54, 1.807) is 11.8 Å². The second kappa shape index (κ2) is 7.70. The Morgan fingerprint density at radius 3 is 2.95 bits per heavy atom. The molecule has 1 aromatic rings. The van der Waals surface area contributed by atoms with Gasteiger partial charge in [-0.25, -0.2) is 0 Å². The van der Waals surface area contributed by atoms with Crippen molar-refractivity contribution in [3.63, 3.8) is 0 Å². The maximum Gasteiger partial charge on any atom is 0.252 e. The summed E-state index contributed by atoms with van der Waals surface area (Å²) in [5.41, 5.74) is 0.784. The molecule has 1 fully saturated rings. The van der Waals surface area contributed by atoms with Gasteiger partial charge in [0.1, 0.15) is 0 Å². The Morgan fingerprint density at radius 2 is 2.20 bits per heavy atom. The third kappa shape index (κ3) is 4.00. The van der Waals surface area contributed by atoms with Crippen LogP contribution in [0.3, 0.4) is 0 Å². The Hall–Kier alpha value is -1.00. The van der Waals surface area contributed by atoms with Crippen molar-refractivity contribution >= 4 is 17.7 Å². The summed E-state index contributed by atoms with van der Waals surface area (Å²) in [6.07, 6.45) is 5.91. The van der Waals surface area contributed by atoms with E-state index in [0.29, 0.717) is 6.04 Å².